The van der Waals surface area contributed by atoms with Crippen molar-refractivity contribution in [3.8, 4) is 0 Å². The van der Waals surface area contributed by atoms with Crippen LogP contribution in [0.5, 0.6) is 0 Å². The van der Waals surface area contributed by atoms with E-state index in [4.69, 9.17) is 5.73 Å². The fraction of sp³-hybridized carbons (Fsp3) is 0.667. The SMILES string of the molecule is NC1CCCc2c1ccn2CCC(=O)N1CCCC1. The fourth-order valence-electron chi connectivity index (χ4n) is 3.34. The van der Waals surface area contributed by atoms with Gasteiger partial charge in [-0.3, -0.25) is 4.79 Å². The first-order chi connectivity index (χ1) is 9.25. The molecule has 0 aromatic carbocycles. The molecule has 1 unspecified atom stereocenters. The van der Waals surface area contributed by atoms with Crippen molar-refractivity contribution in [2.24, 2.45) is 5.73 Å². The van der Waals surface area contributed by atoms with Crippen LogP contribution in [0.2, 0.25) is 0 Å². The third-order valence-corrected chi connectivity index (χ3v) is 4.47. The van der Waals surface area contributed by atoms with Crippen LogP contribution >= 0.6 is 0 Å². The van der Waals surface area contributed by atoms with Gasteiger partial charge in [0.1, 0.15) is 0 Å². The Balaban J connectivity index is 1.62. The smallest absolute Gasteiger partial charge is 0.224 e. The summed E-state index contributed by atoms with van der Waals surface area (Å²) in [7, 11) is 0. The summed E-state index contributed by atoms with van der Waals surface area (Å²) in [5.74, 6) is 0.306. The Morgan fingerprint density at radius 1 is 1.32 bits per heavy atom. The van der Waals surface area contributed by atoms with Crippen molar-refractivity contribution in [2.75, 3.05) is 13.1 Å². The molecule has 1 aliphatic heterocycles. The molecule has 1 atom stereocenters. The first-order valence-electron chi connectivity index (χ1n) is 7.47. The van der Waals surface area contributed by atoms with Gasteiger partial charge < -0.3 is 15.2 Å². The summed E-state index contributed by atoms with van der Waals surface area (Å²) in [6.07, 6.45) is 8.42. The molecule has 1 fully saturated rings. The lowest BCUT2D eigenvalue weighted by atomic mass is 9.94. The summed E-state index contributed by atoms with van der Waals surface area (Å²) in [4.78, 5) is 14.1. The highest BCUT2D eigenvalue weighted by molar-refractivity contribution is 5.76. The number of rotatable bonds is 3. The maximum absolute atomic E-state index is 12.1. The number of aryl methyl sites for hydroxylation is 1. The van der Waals surface area contributed by atoms with Gasteiger partial charge in [-0.1, -0.05) is 0 Å². The summed E-state index contributed by atoms with van der Waals surface area (Å²) in [6, 6.07) is 2.33. The number of hydrogen-bond acceptors (Lipinski definition) is 2. The van der Waals surface area contributed by atoms with Crippen molar-refractivity contribution < 1.29 is 4.79 Å². The zero-order valence-electron chi connectivity index (χ0n) is 11.5. The third-order valence-electron chi connectivity index (χ3n) is 4.47. The molecule has 1 saturated heterocycles. The quantitative estimate of drug-likeness (QED) is 0.902. The summed E-state index contributed by atoms with van der Waals surface area (Å²) in [5, 5.41) is 0. The van der Waals surface area contributed by atoms with E-state index in [2.05, 4.69) is 16.8 Å². The topological polar surface area (TPSA) is 51.3 Å². The fourth-order valence-corrected chi connectivity index (χ4v) is 3.34. The van der Waals surface area contributed by atoms with Crippen LogP contribution in [-0.2, 0) is 17.8 Å². The van der Waals surface area contributed by atoms with Crippen LogP contribution < -0.4 is 5.73 Å². The van der Waals surface area contributed by atoms with E-state index in [-0.39, 0.29) is 6.04 Å². The van der Waals surface area contributed by atoms with Crippen molar-refractivity contribution in [1.82, 2.24) is 9.47 Å². The van der Waals surface area contributed by atoms with E-state index >= 15 is 0 Å². The number of nitrogens with zero attached hydrogens (tertiary/aromatic N) is 2. The summed E-state index contributed by atoms with van der Waals surface area (Å²) in [6.45, 7) is 2.71. The van der Waals surface area contributed by atoms with E-state index in [0.717, 1.165) is 38.9 Å². The Morgan fingerprint density at radius 3 is 2.89 bits per heavy atom. The number of carbonyl (C=O) groups is 1. The molecule has 0 bridgehead atoms. The second-order valence-corrected chi connectivity index (χ2v) is 5.75. The molecule has 3 rings (SSSR count). The first kappa shape index (κ1) is 12.7. The standard InChI is InChI=1S/C15H23N3O/c16-13-4-3-5-14-12(13)6-10-17(14)11-7-15(19)18-8-1-2-9-18/h6,10,13H,1-5,7-9,11,16H2. The van der Waals surface area contributed by atoms with E-state index in [1.807, 2.05) is 4.90 Å². The van der Waals surface area contributed by atoms with Crippen molar-refractivity contribution in [3.63, 3.8) is 0 Å². The molecule has 104 valence electrons. The van der Waals surface area contributed by atoms with E-state index in [1.165, 1.54) is 24.1 Å². The molecule has 0 radical (unpaired) electrons. The van der Waals surface area contributed by atoms with Crippen molar-refractivity contribution in [1.29, 1.82) is 0 Å². The Hall–Kier alpha value is -1.29. The molecule has 1 amide bonds. The number of carbonyl (C=O) groups excluding carboxylic acids is 1. The zero-order valence-corrected chi connectivity index (χ0v) is 11.5. The van der Waals surface area contributed by atoms with E-state index in [0.29, 0.717) is 12.3 Å². The number of fused-ring (bicyclic) bond motifs is 1. The maximum Gasteiger partial charge on any atom is 0.224 e. The molecule has 1 aliphatic carbocycles. The van der Waals surface area contributed by atoms with Crippen LogP contribution in [0.4, 0.5) is 0 Å². The first-order valence-corrected chi connectivity index (χ1v) is 7.47. The van der Waals surface area contributed by atoms with Crippen LogP contribution in [0.1, 0.15) is 49.4 Å². The molecule has 1 aromatic heterocycles. The molecule has 2 N–H and O–H groups in total. The summed E-state index contributed by atoms with van der Waals surface area (Å²) < 4.78 is 2.24. The van der Waals surface area contributed by atoms with Gasteiger partial charge in [0.15, 0.2) is 0 Å². The number of aromatic nitrogens is 1. The Kier molecular flexibility index (Phi) is 3.60. The average molecular weight is 261 g/mol. The molecular formula is C15H23N3O. The average Bonchev–Trinajstić information content (AvgIpc) is 3.06. The molecule has 19 heavy (non-hydrogen) atoms. The Morgan fingerprint density at radius 2 is 2.11 bits per heavy atom. The molecule has 2 heterocycles. The van der Waals surface area contributed by atoms with Gasteiger partial charge in [-0.25, -0.2) is 0 Å². The predicted molar refractivity (Wildman–Crippen MR) is 74.7 cm³/mol. The number of amides is 1. The van der Waals surface area contributed by atoms with Gasteiger partial charge >= 0.3 is 0 Å². The maximum atomic E-state index is 12.1. The van der Waals surface area contributed by atoms with Crippen molar-refractivity contribution in [3.05, 3.63) is 23.5 Å². The van der Waals surface area contributed by atoms with Crippen LogP contribution in [0.15, 0.2) is 12.3 Å². The molecule has 1 aromatic rings. The number of hydrogen-bond donors (Lipinski definition) is 1. The number of likely N-dealkylation sites (tertiary alicyclic amines) is 1. The molecule has 4 nitrogen and oxygen atoms in total. The van der Waals surface area contributed by atoms with Gasteiger partial charge in [0.05, 0.1) is 0 Å². The highest BCUT2D eigenvalue weighted by atomic mass is 16.2. The Bertz CT molecular complexity index is 460. The summed E-state index contributed by atoms with van der Waals surface area (Å²) >= 11 is 0. The largest absolute Gasteiger partial charge is 0.351 e. The molecule has 2 aliphatic rings. The van der Waals surface area contributed by atoms with Crippen molar-refractivity contribution in [2.45, 2.75) is 51.1 Å². The number of nitrogens with two attached hydrogens (primary N) is 1. The zero-order chi connectivity index (χ0) is 13.2. The van der Waals surface area contributed by atoms with Gasteiger partial charge in [-0.15, -0.1) is 0 Å². The Labute approximate surface area is 114 Å². The van der Waals surface area contributed by atoms with E-state index in [9.17, 15) is 4.79 Å². The van der Waals surface area contributed by atoms with Crippen LogP contribution in [-0.4, -0.2) is 28.5 Å². The normalized spacial score (nSPS) is 22.6. The second kappa shape index (κ2) is 5.37. The van der Waals surface area contributed by atoms with Gasteiger partial charge in [0.2, 0.25) is 5.91 Å². The van der Waals surface area contributed by atoms with Gasteiger partial charge in [-0.2, -0.15) is 0 Å². The van der Waals surface area contributed by atoms with E-state index in [1.54, 1.807) is 0 Å². The van der Waals surface area contributed by atoms with Crippen LogP contribution in [0, 0.1) is 0 Å². The van der Waals surface area contributed by atoms with Crippen LogP contribution in [0.3, 0.4) is 0 Å². The lowest BCUT2D eigenvalue weighted by Crippen LogP contribution is -2.28. The highest BCUT2D eigenvalue weighted by Gasteiger charge is 2.21. The minimum atomic E-state index is 0.194. The lowest BCUT2D eigenvalue weighted by molar-refractivity contribution is -0.130. The minimum Gasteiger partial charge on any atom is -0.351 e. The molecule has 0 saturated carbocycles. The second-order valence-electron chi connectivity index (χ2n) is 5.75. The van der Waals surface area contributed by atoms with Gasteiger partial charge in [0.25, 0.3) is 0 Å². The van der Waals surface area contributed by atoms with Crippen molar-refractivity contribution >= 4 is 5.91 Å². The minimum absolute atomic E-state index is 0.194. The van der Waals surface area contributed by atoms with Gasteiger partial charge in [0, 0.05) is 44.0 Å². The molecular weight excluding hydrogens is 238 g/mol. The van der Waals surface area contributed by atoms with E-state index < -0.39 is 0 Å². The van der Waals surface area contributed by atoms with Crippen LogP contribution in [0.25, 0.3) is 0 Å². The monoisotopic (exact) mass is 261 g/mol. The lowest BCUT2D eigenvalue weighted by Gasteiger charge is -2.21. The summed E-state index contributed by atoms with van der Waals surface area (Å²) in [5.41, 5.74) is 8.77. The highest BCUT2D eigenvalue weighted by Crippen LogP contribution is 2.28. The molecule has 0 spiro atoms. The van der Waals surface area contributed by atoms with Gasteiger partial charge in [-0.05, 0) is 43.7 Å². The predicted octanol–water partition coefficient (Wildman–Crippen LogP) is 1.84. The molecule has 4 heteroatoms. The third kappa shape index (κ3) is 2.54.